The molecule has 0 radical (unpaired) electrons. The zero-order valence-corrected chi connectivity index (χ0v) is 18.9. The maximum Gasteiger partial charge on any atom is 0.407 e. The van der Waals surface area contributed by atoms with E-state index in [1.54, 1.807) is 0 Å². The second kappa shape index (κ2) is 10.7. The highest BCUT2D eigenvalue weighted by Crippen LogP contribution is 2.44. The van der Waals surface area contributed by atoms with Gasteiger partial charge in [0, 0.05) is 32.1 Å². The first-order valence-corrected chi connectivity index (χ1v) is 11.2. The molecule has 34 heavy (non-hydrogen) atoms. The van der Waals surface area contributed by atoms with Gasteiger partial charge in [-0.15, -0.1) is 0 Å². The van der Waals surface area contributed by atoms with Crippen LogP contribution < -0.4 is 10.6 Å². The highest BCUT2D eigenvalue weighted by Gasteiger charge is 2.35. The molecule has 1 aliphatic heterocycles. The minimum absolute atomic E-state index is 0.0560. The van der Waals surface area contributed by atoms with Gasteiger partial charge in [0.1, 0.15) is 12.6 Å². The van der Waals surface area contributed by atoms with Crippen molar-refractivity contribution in [3.8, 4) is 11.1 Å². The molecule has 2 amide bonds. The third-order valence-corrected chi connectivity index (χ3v) is 6.28. The maximum atomic E-state index is 12.6. The zero-order chi connectivity index (χ0) is 24.1. The van der Waals surface area contributed by atoms with Crippen molar-refractivity contribution in [1.82, 2.24) is 10.6 Å². The number of carboxylic acids is 1. The standard InChI is InChI=1S/C25H28N2O7/c1-32-14-21(23(28)26-12-15-10-11-33-22(15)24(29)30)27-25(31)34-13-20-18-8-4-2-6-16(18)17-7-3-5-9-19(17)20/h2-9,15,20-22H,10-14H2,1H3,(H,26,28)(H,27,31)(H,29,30). The van der Waals surface area contributed by atoms with Crippen molar-refractivity contribution in [2.45, 2.75) is 24.5 Å². The quantitative estimate of drug-likeness (QED) is 0.515. The van der Waals surface area contributed by atoms with Crippen LogP contribution in [0.25, 0.3) is 11.1 Å². The van der Waals surface area contributed by atoms with Gasteiger partial charge in [0.2, 0.25) is 5.91 Å². The molecule has 0 bridgehead atoms. The molecule has 4 rings (SSSR count). The summed E-state index contributed by atoms with van der Waals surface area (Å²) in [5, 5.41) is 14.4. The maximum absolute atomic E-state index is 12.6. The first kappa shape index (κ1) is 23.7. The Bertz CT molecular complexity index is 1010. The SMILES string of the molecule is COCC(NC(=O)OCC1c2ccccc2-c2ccccc21)C(=O)NCC1CCOC1C(=O)O. The van der Waals surface area contributed by atoms with Crippen molar-refractivity contribution in [3.63, 3.8) is 0 Å². The second-order valence-electron chi connectivity index (χ2n) is 8.40. The monoisotopic (exact) mass is 468 g/mol. The summed E-state index contributed by atoms with van der Waals surface area (Å²) in [4.78, 5) is 36.4. The highest BCUT2D eigenvalue weighted by molar-refractivity contribution is 5.86. The predicted molar refractivity (Wildman–Crippen MR) is 122 cm³/mol. The fourth-order valence-electron chi connectivity index (χ4n) is 4.60. The molecule has 2 aromatic carbocycles. The van der Waals surface area contributed by atoms with Crippen LogP contribution in [-0.4, -0.2) is 68.7 Å². The number of rotatable bonds is 9. The summed E-state index contributed by atoms with van der Waals surface area (Å²) in [6.45, 7) is 0.528. The lowest BCUT2D eigenvalue weighted by Crippen LogP contribution is -2.51. The fourth-order valence-corrected chi connectivity index (χ4v) is 4.60. The van der Waals surface area contributed by atoms with E-state index in [1.807, 2.05) is 36.4 Å². The molecule has 9 nitrogen and oxygen atoms in total. The number of aliphatic carboxylic acids is 1. The number of hydrogen-bond donors (Lipinski definition) is 3. The largest absolute Gasteiger partial charge is 0.479 e. The molecule has 1 heterocycles. The number of alkyl carbamates (subject to hydrolysis) is 1. The van der Waals surface area contributed by atoms with E-state index >= 15 is 0 Å². The van der Waals surface area contributed by atoms with Gasteiger partial charge >= 0.3 is 12.1 Å². The third-order valence-electron chi connectivity index (χ3n) is 6.28. The summed E-state index contributed by atoms with van der Waals surface area (Å²) in [5.41, 5.74) is 4.43. The van der Waals surface area contributed by atoms with Crippen LogP contribution in [0.15, 0.2) is 48.5 Å². The second-order valence-corrected chi connectivity index (χ2v) is 8.40. The van der Waals surface area contributed by atoms with Crippen LogP contribution in [0.1, 0.15) is 23.5 Å². The molecule has 3 atom stereocenters. The molecule has 2 aliphatic rings. The topological polar surface area (TPSA) is 123 Å². The molecule has 180 valence electrons. The van der Waals surface area contributed by atoms with Gasteiger partial charge in [0.05, 0.1) is 6.61 Å². The van der Waals surface area contributed by atoms with Gasteiger partial charge in [-0.1, -0.05) is 48.5 Å². The van der Waals surface area contributed by atoms with Gasteiger partial charge in [-0.05, 0) is 28.7 Å². The predicted octanol–water partition coefficient (Wildman–Crippen LogP) is 2.15. The highest BCUT2D eigenvalue weighted by atomic mass is 16.5. The molecule has 1 aliphatic carbocycles. The number of ether oxygens (including phenoxy) is 3. The Kier molecular flexibility index (Phi) is 7.44. The summed E-state index contributed by atoms with van der Waals surface area (Å²) >= 11 is 0. The van der Waals surface area contributed by atoms with E-state index in [2.05, 4.69) is 22.8 Å². The number of amides is 2. The molecule has 0 saturated carbocycles. The molecular weight excluding hydrogens is 440 g/mol. The molecule has 0 aromatic heterocycles. The average Bonchev–Trinajstić information content (AvgIpc) is 3.44. The first-order chi connectivity index (χ1) is 16.5. The van der Waals surface area contributed by atoms with Crippen LogP contribution in [0, 0.1) is 5.92 Å². The van der Waals surface area contributed by atoms with Gasteiger partial charge in [-0.3, -0.25) is 4.79 Å². The van der Waals surface area contributed by atoms with Crippen molar-refractivity contribution in [2.24, 2.45) is 5.92 Å². The third kappa shape index (κ3) is 5.05. The Morgan fingerprint density at radius 2 is 1.74 bits per heavy atom. The number of nitrogens with one attached hydrogen (secondary N) is 2. The van der Waals surface area contributed by atoms with Crippen molar-refractivity contribution in [1.29, 1.82) is 0 Å². The Morgan fingerprint density at radius 3 is 2.35 bits per heavy atom. The number of carbonyl (C=O) groups excluding carboxylic acids is 2. The van der Waals surface area contributed by atoms with Crippen molar-refractivity contribution in [2.75, 3.05) is 33.5 Å². The Morgan fingerprint density at radius 1 is 1.09 bits per heavy atom. The minimum Gasteiger partial charge on any atom is -0.479 e. The lowest BCUT2D eigenvalue weighted by Gasteiger charge is -2.21. The van der Waals surface area contributed by atoms with Crippen LogP contribution in [0.4, 0.5) is 4.79 Å². The minimum atomic E-state index is -1.05. The van der Waals surface area contributed by atoms with Gasteiger partial charge in [0.15, 0.2) is 6.10 Å². The molecule has 1 saturated heterocycles. The van der Waals surface area contributed by atoms with Gasteiger partial charge in [-0.2, -0.15) is 0 Å². The Labute approximate surface area is 197 Å². The van der Waals surface area contributed by atoms with E-state index in [9.17, 15) is 19.5 Å². The van der Waals surface area contributed by atoms with Crippen molar-refractivity contribution >= 4 is 18.0 Å². The summed E-state index contributed by atoms with van der Waals surface area (Å²) < 4.78 is 15.8. The van der Waals surface area contributed by atoms with Gasteiger partial charge < -0.3 is 30.0 Å². The normalized spacial score (nSPS) is 19.7. The molecule has 9 heteroatoms. The molecule has 3 unspecified atom stereocenters. The number of carboxylic acid groups (broad SMARTS) is 1. The van der Waals surface area contributed by atoms with Crippen LogP contribution in [0.2, 0.25) is 0 Å². The number of methoxy groups -OCH3 is 1. The Balaban J connectivity index is 1.33. The van der Waals surface area contributed by atoms with Crippen LogP contribution >= 0.6 is 0 Å². The average molecular weight is 469 g/mol. The fraction of sp³-hybridized carbons (Fsp3) is 0.400. The molecule has 1 fully saturated rings. The Hall–Kier alpha value is -3.43. The zero-order valence-electron chi connectivity index (χ0n) is 18.9. The van der Waals surface area contributed by atoms with Crippen molar-refractivity contribution < 1.29 is 33.7 Å². The summed E-state index contributed by atoms with van der Waals surface area (Å²) in [5.74, 6) is -1.96. The molecule has 3 N–H and O–H groups in total. The van der Waals surface area contributed by atoms with Gasteiger partial charge in [-0.25, -0.2) is 9.59 Å². The van der Waals surface area contributed by atoms with Crippen LogP contribution in [0.5, 0.6) is 0 Å². The summed E-state index contributed by atoms with van der Waals surface area (Å²) in [7, 11) is 1.42. The number of hydrogen-bond acceptors (Lipinski definition) is 6. The molecule has 0 spiro atoms. The number of benzene rings is 2. The van der Waals surface area contributed by atoms with E-state index in [-0.39, 0.29) is 31.6 Å². The first-order valence-electron chi connectivity index (χ1n) is 11.2. The van der Waals surface area contributed by atoms with E-state index in [0.29, 0.717) is 13.0 Å². The summed E-state index contributed by atoms with van der Waals surface area (Å²) in [6.07, 6.45) is -1.14. The summed E-state index contributed by atoms with van der Waals surface area (Å²) in [6, 6.07) is 15.1. The van der Waals surface area contributed by atoms with Crippen molar-refractivity contribution in [3.05, 3.63) is 59.7 Å². The van der Waals surface area contributed by atoms with E-state index in [1.165, 1.54) is 7.11 Å². The molecule has 2 aromatic rings. The molecular formula is C25H28N2O7. The van der Waals surface area contributed by atoms with Crippen LogP contribution in [-0.2, 0) is 23.8 Å². The van der Waals surface area contributed by atoms with Gasteiger partial charge in [0.25, 0.3) is 0 Å². The van der Waals surface area contributed by atoms with E-state index in [4.69, 9.17) is 14.2 Å². The number of fused-ring (bicyclic) bond motifs is 3. The van der Waals surface area contributed by atoms with E-state index in [0.717, 1.165) is 22.3 Å². The van der Waals surface area contributed by atoms with Crippen LogP contribution in [0.3, 0.4) is 0 Å². The number of carbonyl (C=O) groups is 3. The van der Waals surface area contributed by atoms with E-state index < -0.39 is 30.1 Å². The lowest BCUT2D eigenvalue weighted by molar-refractivity contribution is -0.149. The lowest BCUT2D eigenvalue weighted by atomic mass is 9.98. The smallest absolute Gasteiger partial charge is 0.407 e.